The van der Waals surface area contributed by atoms with E-state index >= 15 is 0 Å². The number of hydrogen-bond acceptors (Lipinski definition) is 1. The first-order chi connectivity index (χ1) is 13.4. The van der Waals surface area contributed by atoms with Gasteiger partial charge in [-0.25, -0.2) is 0 Å². The molecule has 0 bridgehead atoms. The van der Waals surface area contributed by atoms with Crippen LogP contribution in [0.1, 0.15) is 122 Å². The Balaban J connectivity index is 1.67. The SMILES string of the molecule is CCCCCCCCCCCCCCCCCCCCOc1c[c]ccc1. The second kappa shape index (κ2) is 19.8. The van der Waals surface area contributed by atoms with Gasteiger partial charge in [-0.1, -0.05) is 128 Å². The molecule has 0 unspecified atom stereocenters. The quantitative estimate of drug-likeness (QED) is 0.207. The monoisotopic (exact) mass is 373 g/mol. The zero-order valence-corrected chi connectivity index (χ0v) is 18.2. The van der Waals surface area contributed by atoms with Crippen LogP contribution in [0.3, 0.4) is 0 Å². The fourth-order valence-corrected chi connectivity index (χ4v) is 3.66. The van der Waals surface area contributed by atoms with E-state index in [1.54, 1.807) is 0 Å². The van der Waals surface area contributed by atoms with Gasteiger partial charge in [-0.2, -0.15) is 0 Å². The van der Waals surface area contributed by atoms with Crippen LogP contribution in [0.2, 0.25) is 0 Å². The lowest BCUT2D eigenvalue weighted by Gasteiger charge is -2.06. The molecular formula is C26H45O. The van der Waals surface area contributed by atoms with E-state index in [0.717, 1.165) is 12.4 Å². The number of benzene rings is 1. The molecule has 1 nitrogen and oxygen atoms in total. The zero-order chi connectivity index (χ0) is 19.3. The maximum Gasteiger partial charge on any atom is 0.119 e. The Bertz CT molecular complexity index is 386. The highest BCUT2D eigenvalue weighted by atomic mass is 16.5. The van der Waals surface area contributed by atoms with Crippen molar-refractivity contribution in [3.8, 4) is 5.75 Å². The summed E-state index contributed by atoms with van der Waals surface area (Å²) in [6.45, 7) is 3.14. The molecule has 0 saturated heterocycles. The third-order valence-corrected chi connectivity index (χ3v) is 5.45. The minimum absolute atomic E-state index is 0.844. The Labute approximate surface area is 170 Å². The maximum absolute atomic E-state index is 5.70. The maximum atomic E-state index is 5.70. The van der Waals surface area contributed by atoms with Gasteiger partial charge in [-0.15, -0.1) is 0 Å². The molecule has 1 heteroatoms. The van der Waals surface area contributed by atoms with E-state index in [0.29, 0.717) is 0 Å². The molecular weight excluding hydrogens is 328 g/mol. The van der Waals surface area contributed by atoms with E-state index < -0.39 is 0 Å². The highest BCUT2D eigenvalue weighted by molar-refractivity contribution is 5.19. The van der Waals surface area contributed by atoms with E-state index in [9.17, 15) is 0 Å². The van der Waals surface area contributed by atoms with Gasteiger partial charge in [0.1, 0.15) is 5.75 Å². The van der Waals surface area contributed by atoms with Crippen molar-refractivity contribution in [2.45, 2.75) is 122 Å². The molecule has 1 aromatic rings. The average molecular weight is 374 g/mol. The van der Waals surface area contributed by atoms with Crippen molar-refractivity contribution < 1.29 is 4.74 Å². The lowest BCUT2D eigenvalue weighted by atomic mass is 10.0. The Morgan fingerprint density at radius 3 is 1.48 bits per heavy atom. The highest BCUT2D eigenvalue weighted by Gasteiger charge is 1.96. The summed E-state index contributed by atoms with van der Waals surface area (Å²) < 4.78 is 5.70. The van der Waals surface area contributed by atoms with Crippen molar-refractivity contribution in [2.24, 2.45) is 0 Å². The number of unbranched alkanes of at least 4 members (excludes halogenated alkanes) is 17. The topological polar surface area (TPSA) is 9.23 Å². The smallest absolute Gasteiger partial charge is 0.119 e. The van der Waals surface area contributed by atoms with E-state index in [-0.39, 0.29) is 0 Å². The Morgan fingerprint density at radius 2 is 1.07 bits per heavy atom. The molecule has 27 heavy (non-hydrogen) atoms. The molecule has 0 saturated carbocycles. The molecule has 0 amide bonds. The van der Waals surface area contributed by atoms with Crippen LogP contribution >= 0.6 is 0 Å². The molecule has 0 N–H and O–H groups in total. The van der Waals surface area contributed by atoms with Crippen LogP contribution in [0.4, 0.5) is 0 Å². The van der Waals surface area contributed by atoms with Crippen LogP contribution in [0, 0.1) is 6.07 Å². The van der Waals surface area contributed by atoms with E-state index in [1.807, 2.05) is 24.3 Å². The third kappa shape index (κ3) is 16.9. The molecule has 0 spiro atoms. The predicted octanol–water partition coefficient (Wildman–Crippen LogP) is 8.91. The normalized spacial score (nSPS) is 11.0. The fourth-order valence-electron chi connectivity index (χ4n) is 3.66. The second-order valence-corrected chi connectivity index (χ2v) is 8.10. The fraction of sp³-hybridized carbons (Fsp3) is 0.769. The lowest BCUT2D eigenvalue weighted by Crippen LogP contribution is -1.96. The summed E-state index contributed by atoms with van der Waals surface area (Å²) in [5.74, 6) is 0.949. The van der Waals surface area contributed by atoms with Crippen LogP contribution in [-0.4, -0.2) is 6.61 Å². The van der Waals surface area contributed by atoms with Gasteiger partial charge < -0.3 is 4.74 Å². The van der Waals surface area contributed by atoms with Gasteiger partial charge in [0.2, 0.25) is 0 Å². The molecule has 0 atom stereocenters. The predicted molar refractivity (Wildman–Crippen MR) is 120 cm³/mol. The highest BCUT2D eigenvalue weighted by Crippen LogP contribution is 2.14. The van der Waals surface area contributed by atoms with Crippen molar-refractivity contribution in [1.82, 2.24) is 0 Å². The summed E-state index contributed by atoms with van der Waals surface area (Å²) in [6, 6.07) is 10.8. The third-order valence-electron chi connectivity index (χ3n) is 5.45. The summed E-state index contributed by atoms with van der Waals surface area (Å²) in [5.41, 5.74) is 0. The molecule has 0 aliphatic rings. The summed E-state index contributed by atoms with van der Waals surface area (Å²) >= 11 is 0. The van der Waals surface area contributed by atoms with Crippen molar-refractivity contribution in [1.29, 1.82) is 0 Å². The van der Waals surface area contributed by atoms with Crippen molar-refractivity contribution in [3.05, 3.63) is 30.3 Å². The van der Waals surface area contributed by atoms with Crippen molar-refractivity contribution >= 4 is 0 Å². The minimum atomic E-state index is 0.844. The molecule has 0 aliphatic carbocycles. The Morgan fingerprint density at radius 1 is 0.630 bits per heavy atom. The molecule has 155 valence electrons. The van der Waals surface area contributed by atoms with Crippen LogP contribution in [0.5, 0.6) is 5.75 Å². The molecule has 1 rings (SSSR count). The van der Waals surface area contributed by atoms with Gasteiger partial charge in [0, 0.05) is 0 Å². The summed E-state index contributed by atoms with van der Waals surface area (Å²) in [5, 5.41) is 0. The van der Waals surface area contributed by atoms with Gasteiger partial charge >= 0.3 is 0 Å². The van der Waals surface area contributed by atoms with Gasteiger partial charge in [0.05, 0.1) is 6.61 Å². The molecule has 1 radical (unpaired) electrons. The van der Waals surface area contributed by atoms with Crippen molar-refractivity contribution in [2.75, 3.05) is 6.61 Å². The summed E-state index contributed by atoms with van der Waals surface area (Å²) in [4.78, 5) is 0. The van der Waals surface area contributed by atoms with Gasteiger partial charge in [0.25, 0.3) is 0 Å². The molecule has 1 aromatic carbocycles. The van der Waals surface area contributed by atoms with Crippen LogP contribution in [0.15, 0.2) is 24.3 Å². The van der Waals surface area contributed by atoms with Gasteiger partial charge in [-0.3, -0.25) is 0 Å². The largest absolute Gasteiger partial charge is 0.494 e. The second-order valence-electron chi connectivity index (χ2n) is 8.10. The molecule has 0 fully saturated rings. The first kappa shape index (κ1) is 24.1. The van der Waals surface area contributed by atoms with E-state index in [1.165, 1.54) is 116 Å². The number of rotatable bonds is 20. The Hall–Kier alpha value is -0.980. The molecule has 0 heterocycles. The zero-order valence-electron chi connectivity index (χ0n) is 18.2. The minimum Gasteiger partial charge on any atom is -0.494 e. The molecule has 0 aromatic heterocycles. The first-order valence-corrected chi connectivity index (χ1v) is 12.0. The van der Waals surface area contributed by atoms with Crippen LogP contribution in [0.25, 0.3) is 0 Å². The standard InChI is InChI=1S/C26H45O/c1-2-3-4-5-6-7-8-9-10-11-12-13-14-15-16-17-18-22-25-27-26-23-20-19-21-24-26/h19-20,23-24H,2-18,22,25H2,1H3. The first-order valence-electron chi connectivity index (χ1n) is 12.0. The Kier molecular flexibility index (Phi) is 17.6. The summed E-state index contributed by atoms with van der Waals surface area (Å²) in [7, 11) is 0. The number of ether oxygens (including phenoxy) is 1. The molecule has 0 aliphatic heterocycles. The van der Waals surface area contributed by atoms with E-state index in [2.05, 4.69) is 13.0 Å². The average Bonchev–Trinajstić information content (AvgIpc) is 2.70. The van der Waals surface area contributed by atoms with Gasteiger partial charge in [-0.05, 0) is 24.6 Å². The van der Waals surface area contributed by atoms with Crippen molar-refractivity contribution in [3.63, 3.8) is 0 Å². The van der Waals surface area contributed by atoms with E-state index in [4.69, 9.17) is 4.74 Å². The summed E-state index contributed by atoms with van der Waals surface area (Å²) in [6.07, 6.45) is 25.5. The van der Waals surface area contributed by atoms with Gasteiger partial charge in [0.15, 0.2) is 0 Å². The van der Waals surface area contributed by atoms with Crippen LogP contribution < -0.4 is 4.74 Å². The lowest BCUT2D eigenvalue weighted by molar-refractivity contribution is 0.304. The van der Waals surface area contributed by atoms with Crippen LogP contribution in [-0.2, 0) is 0 Å². The number of hydrogen-bond donors (Lipinski definition) is 0.